The van der Waals surface area contributed by atoms with E-state index in [0.717, 1.165) is 6.07 Å². The molecule has 0 radical (unpaired) electrons. The third-order valence-corrected chi connectivity index (χ3v) is 5.30. The number of carboxylic acid groups (broad SMARTS) is 1. The summed E-state index contributed by atoms with van der Waals surface area (Å²) >= 11 is 0. The predicted molar refractivity (Wildman–Crippen MR) is 105 cm³/mol. The lowest BCUT2D eigenvalue weighted by molar-refractivity contribution is -0.617. The Hall–Kier alpha value is -3.81. The molecule has 1 aromatic heterocycles. The highest BCUT2D eigenvalue weighted by Crippen LogP contribution is 2.41. The third kappa shape index (κ3) is 3.02. The van der Waals surface area contributed by atoms with Crippen LogP contribution in [0.1, 0.15) is 10.4 Å². The molecule has 4 aromatic rings. The van der Waals surface area contributed by atoms with E-state index in [4.69, 9.17) is 9.47 Å². The molecule has 5 nitrogen and oxygen atoms in total. The molecule has 0 saturated carbocycles. The Balaban J connectivity index is 2.23. The van der Waals surface area contributed by atoms with Crippen molar-refractivity contribution in [2.45, 2.75) is 0 Å². The number of carbonyl (C=O) groups is 1. The SMILES string of the molecule is COc1ccc2c(C(=O)[O-])c3c(OC)c(-c4c(F)ccc(F)c4F)ccc3[n+](C)c2c1. The molecule has 4 rings (SSSR count). The summed E-state index contributed by atoms with van der Waals surface area (Å²) in [5.74, 6) is -4.76. The number of hydrogen-bond acceptors (Lipinski definition) is 4. The van der Waals surface area contributed by atoms with E-state index in [1.54, 1.807) is 29.8 Å². The maximum absolute atomic E-state index is 14.5. The lowest BCUT2D eigenvalue weighted by atomic mass is 9.95. The van der Waals surface area contributed by atoms with Crippen molar-refractivity contribution in [3.8, 4) is 22.6 Å². The topological polar surface area (TPSA) is 62.5 Å². The molecule has 0 bridgehead atoms. The zero-order valence-electron chi connectivity index (χ0n) is 16.8. The molecule has 0 atom stereocenters. The van der Waals surface area contributed by atoms with Crippen molar-refractivity contribution >= 4 is 27.8 Å². The van der Waals surface area contributed by atoms with Gasteiger partial charge in [0, 0.05) is 17.2 Å². The first-order valence-electron chi connectivity index (χ1n) is 9.15. The van der Waals surface area contributed by atoms with Gasteiger partial charge in [0.25, 0.3) is 0 Å². The van der Waals surface area contributed by atoms with Gasteiger partial charge in [0.1, 0.15) is 24.4 Å². The first-order chi connectivity index (χ1) is 14.8. The number of halogens is 3. The quantitative estimate of drug-likeness (QED) is 0.285. The molecular weight excluding hydrogens is 411 g/mol. The number of carboxylic acids is 1. The highest BCUT2D eigenvalue weighted by molar-refractivity contribution is 6.14. The number of pyridine rings is 1. The molecule has 0 aliphatic rings. The Kier molecular flexibility index (Phi) is 4.93. The van der Waals surface area contributed by atoms with Gasteiger partial charge in [0.05, 0.1) is 42.6 Å². The molecule has 31 heavy (non-hydrogen) atoms. The molecule has 0 spiro atoms. The normalized spacial score (nSPS) is 11.2. The van der Waals surface area contributed by atoms with Crippen LogP contribution >= 0.6 is 0 Å². The maximum Gasteiger partial charge on any atom is 0.217 e. The monoisotopic (exact) mass is 427 g/mol. The van der Waals surface area contributed by atoms with Crippen LogP contribution in [0.15, 0.2) is 42.5 Å². The number of aryl methyl sites for hydroxylation is 1. The smallest absolute Gasteiger partial charge is 0.217 e. The molecule has 8 heteroatoms. The van der Waals surface area contributed by atoms with Gasteiger partial charge in [0.15, 0.2) is 11.6 Å². The number of nitrogens with zero attached hydrogens (tertiary/aromatic N) is 1. The van der Waals surface area contributed by atoms with Gasteiger partial charge >= 0.3 is 0 Å². The highest BCUT2D eigenvalue weighted by atomic mass is 19.2. The number of benzene rings is 3. The van der Waals surface area contributed by atoms with Crippen molar-refractivity contribution in [3.63, 3.8) is 0 Å². The molecule has 0 aliphatic heterocycles. The second-order valence-electron chi connectivity index (χ2n) is 6.86. The summed E-state index contributed by atoms with van der Waals surface area (Å²) in [6, 6.07) is 9.11. The van der Waals surface area contributed by atoms with Gasteiger partial charge in [-0.2, -0.15) is 4.57 Å². The number of aromatic nitrogens is 1. The van der Waals surface area contributed by atoms with Crippen molar-refractivity contribution in [2.75, 3.05) is 14.2 Å². The Labute approximate surface area is 174 Å². The Bertz CT molecular complexity index is 1390. The molecule has 0 aliphatic carbocycles. The minimum Gasteiger partial charge on any atom is -0.545 e. The number of hydrogen-bond donors (Lipinski definition) is 0. The van der Waals surface area contributed by atoms with Gasteiger partial charge in [-0.15, -0.1) is 0 Å². The van der Waals surface area contributed by atoms with E-state index in [1.165, 1.54) is 26.4 Å². The number of ether oxygens (including phenoxy) is 2. The molecule has 0 unspecified atom stereocenters. The average molecular weight is 427 g/mol. The number of carbonyl (C=O) groups excluding carboxylic acids is 1. The van der Waals surface area contributed by atoms with Gasteiger partial charge in [-0.25, -0.2) is 13.2 Å². The van der Waals surface area contributed by atoms with E-state index in [9.17, 15) is 23.1 Å². The van der Waals surface area contributed by atoms with E-state index >= 15 is 0 Å². The largest absolute Gasteiger partial charge is 0.545 e. The third-order valence-electron chi connectivity index (χ3n) is 5.30. The summed E-state index contributed by atoms with van der Waals surface area (Å²) in [6.45, 7) is 0. The Morgan fingerprint density at radius 1 is 0.935 bits per heavy atom. The van der Waals surface area contributed by atoms with Crippen molar-refractivity contribution in [1.29, 1.82) is 0 Å². The lowest BCUT2D eigenvalue weighted by Gasteiger charge is -2.17. The molecule has 0 amide bonds. The van der Waals surface area contributed by atoms with Crippen LogP contribution in [0.25, 0.3) is 32.9 Å². The van der Waals surface area contributed by atoms with Gasteiger partial charge in [0.2, 0.25) is 11.0 Å². The fourth-order valence-electron chi connectivity index (χ4n) is 3.88. The summed E-state index contributed by atoms with van der Waals surface area (Å²) in [6.07, 6.45) is 0. The number of fused-ring (bicyclic) bond motifs is 2. The Morgan fingerprint density at radius 2 is 1.65 bits per heavy atom. The van der Waals surface area contributed by atoms with Crippen LogP contribution in [-0.2, 0) is 7.05 Å². The second-order valence-corrected chi connectivity index (χ2v) is 6.86. The molecule has 0 N–H and O–H groups in total. The van der Waals surface area contributed by atoms with E-state index in [-0.39, 0.29) is 22.3 Å². The first-order valence-corrected chi connectivity index (χ1v) is 9.15. The highest BCUT2D eigenvalue weighted by Gasteiger charge is 2.27. The van der Waals surface area contributed by atoms with Crippen LogP contribution < -0.4 is 19.1 Å². The van der Waals surface area contributed by atoms with Gasteiger partial charge in [-0.3, -0.25) is 0 Å². The van der Waals surface area contributed by atoms with Crippen LogP contribution in [0.3, 0.4) is 0 Å². The van der Waals surface area contributed by atoms with Crippen molar-refractivity contribution in [3.05, 3.63) is 65.5 Å². The minimum atomic E-state index is -1.50. The zero-order valence-corrected chi connectivity index (χ0v) is 16.8. The van der Waals surface area contributed by atoms with Crippen molar-refractivity contribution in [2.24, 2.45) is 7.05 Å². The summed E-state index contributed by atoms with van der Waals surface area (Å²) in [4.78, 5) is 12.2. The maximum atomic E-state index is 14.5. The molecule has 0 fully saturated rings. The van der Waals surface area contributed by atoms with Crippen LogP contribution in [0.2, 0.25) is 0 Å². The minimum absolute atomic E-state index is 0.0724. The fraction of sp³-hybridized carbons (Fsp3) is 0.130. The van der Waals surface area contributed by atoms with Crippen LogP contribution in [-0.4, -0.2) is 20.2 Å². The summed E-state index contributed by atoms with van der Waals surface area (Å²) in [7, 11) is 4.43. The molecule has 1 heterocycles. The van der Waals surface area contributed by atoms with Crippen molar-refractivity contribution < 1.29 is 37.1 Å². The number of aromatic carboxylic acids is 1. The standard InChI is InChI=1S/C23H16F3NO4/c1-27-16-9-6-13(18-14(24)7-8-15(25)21(18)26)22(31-3)20(16)19(23(28)29)12-5-4-11(30-2)10-17(12)27/h4-10H,1-3H3. The Morgan fingerprint density at radius 3 is 2.29 bits per heavy atom. The molecule has 3 aromatic carbocycles. The van der Waals surface area contributed by atoms with Crippen molar-refractivity contribution in [1.82, 2.24) is 0 Å². The van der Waals surface area contributed by atoms with E-state index in [1.807, 2.05) is 0 Å². The molecule has 0 saturated heterocycles. The zero-order chi connectivity index (χ0) is 22.4. The second kappa shape index (κ2) is 7.46. The fourth-order valence-corrected chi connectivity index (χ4v) is 3.88. The number of methoxy groups -OCH3 is 2. The molecule has 158 valence electrons. The average Bonchev–Trinajstić information content (AvgIpc) is 2.76. The van der Waals surface area contributed by atoms with Gasteiger partial charge in [-0.1, -0.05) is 0 Å². The van der Waals surface area contributed by atoms with Crippen LogP contribution in [0.4, 0.5) is 13.2 Å². The van der Waals surface area contributed by atoms with E-state index in [2.05, 4.69) is 0 Å². The van der Waals surface area contributed by atoms with Gasteiger partial charge in [-0.05, 0) is 30.3 Å². The summed E-state index contributed by atoms with van der Waals surface area (Å²) < 4.78 is 55.2. The first kappa shape index (κ1) is 20.5. The van der Waals surface area contributed by atoms with Crippen LogP contribution in [0, 0.1) is 17.5 Å². The number of rotatable bonds is 4. The lowest BCUT2D eigenvalue weighted by Crippen LogP contribution is -2.33. The van der Waals surface area contributed by atoms with Crippen LogP contribution in [0.5, 0.6) is 11.5 Å². The predicted octanol–water partition coefficient (Wildman–Crippen LogP) is 3.28. The van der Waals surface area contributed by atoms with Gasteiger partial charge < -0.3 is 19.4 Å². The summed E-state index contributed by atoms with van der Waals surface area (Å²) in [5, 5.41) is 12.6. The molecular formula is C23H16F3NO4. The summed E-state index contributed by atoms with van der Waals surface area (Å²) in [5.41, 5.74) is -0.0659. The van der Waals surface area contributed by atoms with E-state index < -0.39 is 29.0 Å². The van der Waals surface area contributed by atoms with E-state index in [0.29, 0.717) is 28.2 Å².